The number of rotatable bonds is 11. The molecule has 11 nitrogen and oxygen atoms in total. The zero-order valence-electron chi connectivity index (χ0n) is 19.7. The molecule has 0 saturated heterocycles. The number of aromatic nitrogens is 3. The van der Waals surface area contributed by atoms with E-state index in [2.05, 4.69) is 25.6 Å². The molecule has 0 spiro atoms. The van der Waals surface area contributed by atoms with Gasteiger partial charge in [-0.3, -0.25) is 14.4 Å². The molecule has 38 heavy (non-hydrogen) atoms. The van der Waals surface area contributed by atoms with E-state index in [1.807, 2.05) is 0 Å². The molecule has 4 N–H and O–H groups in total. The van der Waals surface area contributed by atoms with Gasteiger partial charge in [-0.05, 0) is 36.0 Å². The quantitative estimate of drug-likeness (QED) is 0.194. The first-order valence-electron chi connectivity index (χ1n) is 10.9. The third-order valence-electron chi connectivity index (χ3n) is 4.72. The highest BCUT2D eigenvalue weighted by molar-refractivity contribution is 8.01. The molecule has 0 unspecified atom stereocenters. The number of halogens is 1. The number of aromatic amines is 1. The maximum Gasteiger partial charge on any atom is 0.309 e. The van der Waals surface area contributed by atoms with Crippen molar-refractivity contribution in [2.45, 2.75) is 22.2 Å². The monoisotopic (exact) mass is 557 g/mol. The number of benzene rings is 2. The molecule has 0 aliphatic carbocycles. The fourth-order valence-corrected chi connectivity index (χ4v) is 5.15. The number of carboxylic acids is 1. The van der Waals surface area contributed by atoms with Gasteiger partial charge in [0.25, 0.3) is 0 Å². The second kappa shape index (κ2) is 12.2. The molecule has 2 aromatic carbocycles. The number of ether oxygens (including phenoxy) is 2. The van der Waals surface area contributed by atoms with Crippen molar-refractivity contribution in [2.75, 3.05) is 17.7 Å². The van der Waals surface area contributed by atoms with Crippen LogP contribution in [0.15, 0.2) is 64.2 Å². The number of hydrogen-bond donors (Lipinski definition) is 4. The van der Waals surface area contributed by atoms with Gasteiger partial charge in [-0.15, -0.1) is 0 Å². The number of nitrogens with zero attached hydrogens (tertiary/aromatic N) is 2. The average molecular weight is 558 g/mol. The number of amides is 2. The summed E-state index contributed by atoms with van der Waals surface area (Å²) < 4.78 is 25.4. The van der Waals surface area contributed by atoms with Gasteiger partial charge >= 0.3 is 5.97 Å². The molecule has 4 aromatic rings. The number of H-pyrrole nitrogens is 1. The summed E-state index contributed by atoms with van der Waals surface area (Å²) in [6, 6.07) is 10.3. The molecule has 0 aliphatic heterocycles. The minimum Gasteiger partial charge on any atom is -0.493 e. The topological polar surface area (TPSA) is 156 Å². The molecule has 196 valence electrons. The van der Waals surface area contributed by atoms with Crippen molar-refractivity contribution >= 4 is 51.7 Å². The predicted molar refractivity (Wildman–Crippen MR) is 138 cm³/mol. The van der Waals surface area contributed by atoms with E-state index < -0.39 is 30.0 Å². The van der Waals surface area contributed by atoms with Gasteiger partial charge in [0.05, 0.1) is 29.1 Å². The van der Waals surface area contributed by atoms with Crippen LogP contribution in [0.3, 0.4) is 0 Å². The van der Waals surface area contributed by atoms with Crippen LogP contribution >= 0.6 is 23.1 Å². The van der Waals surface area contributed by atoms with Crippen molar-refractivity contribution in [3.63, 3.8) is 0 Å². The van der Waals surface area contributed by atoms with Crippen LogP contribution in [0.4, 0.5) is 15.2 Å². The van der Waals surface area contributed by atoms with Crippen LogP contribution < -0.4 is 20.1 Å². The van der Waals surface area contributed by atoms with Crippen molar-refractivity contribution in [1.29, 1.82) is 0 Å². The third-order valence-corrected chi connectivity index (χ3v) is 6.86. The summed E-state index contributed by atoms with van der Waals surface area (Å²) in [5.74, 6) is -2.31. The first kappa shape index (κ1) is 26.6. The lowest BCUT2D eigenvalue weighted by atomic mass is 10.2. The summed E-state index contributed by atoms with van der Waals surface area (Å²) in [4.78, 5) is 47.5. The van der Waals surface area contributed by atoms with E-state index in [1.165, 1.54) is 24.9 Å². The third kappa shape index (κ3) is 7.08. The number of para-hydroxylation sites is 2. The highest BCUT2D eigenvalue weighted by atomic mass is 32.2. The van der Waals surface area contributed by atoms with Crippen LogP contribution in [0.2, 0.25) is 0 Å². The molecule has 0 atom stereocenters. The van der Waals surface area contributed by atoms with Crippen molar-refractivity contribution in [3.05, 3.63) is 66.4 Å². The number of carbonyl (C=O) groups excluding carboxylic acids is 2. The van der Waals surface area contributed by atoms with Crippen molar-refractivity contribution in [1.82, 2.24) is 15.0 Å². The number of thiazole rings is 1. The van der Waals surface area contributed by atoms with Crippen LogP contribution in [0.25, 0.3) is 0 Å². The van der Waals surface area contributed by atoms with Gasteiger partial charge in [-0.1, -0.05) is 23.5 Å². The van der Waals surface area contributed by atoms with E-state index in [9.17, 15) is 23.9 Å². The summed E-state index contributed by atoms with van der Waals surface area (Å²) in [6.07, 6.45) is 2.24. The predicted octanol–water partition coefficient (Wildman–Crippen LogP) is 4.55. The minimum atomic E-state index is -1.08. The number of nitrogens with one attached hydrogen (secondary N) is 3. The fourth-order valence-electron chi connectivity index (χ4n) is 3.13. The number of methoxy groups -OCH3 is 1. The number of carbonyl (C=O) groups is 3. The van der Waals surface area contributed by atoms with Crippen molar-refractivity contribution in [2.24, 2.45) is 0 Å². The molecule has 4 rings (SSSR count). The van der Waals surface area contributed by atoms with Gasteiger partial charge in [0.2, 0.25) is 11.8 Å². The molecule has 14 heteroatoms. The lowest BCUT2D eigenvalue weighted by Gasteiger charge is -2.14. The van der Waals surface area contributed by atoms with Gasteiger partial charge in [0.1, 0.15) is 12.2 Å². The highest BCUT2D eigenvalue weighted by Crippen LogP contribution is 2.37. The van der Waals surface area contributed by atoms with E-state index in [0.29, 0.717) is 20.9 Å². The van der Waals surface area contributed by atoms with Gasteiger partial charge in [0.15, 0.2) is 27.5 Å². The zero-order valence-corrected chi connectivity index (χ0v) is 21.3. The second-order valence-electron chi connectivity index (χ2n) is 7.49. The summed E-state index contributed by atoms with van der Waals surface area (Å²) in [7, 11) is 1.46. The SMILES string of the molecule is COc1ccccc1Oc1cc(F)ccc1NC(=O)CC(=O)Nc1nc(CC(=O)O)c(Sc2ncc[nH]2)s1. The molecule has 0 saturated carbocycles. The summed E-state index contributed by atoms with van der Waals surface area (Å²) in [6.45, 7) is 0. The molecule has 0 fully saturated rings. The smallest absolute Gasteiger partial charge is 0.309 e. The normalized spacial score (nSPS) is 10.6. The first-order valence-corrected chi connectivity index (χ1v) is 12.5. The Morgan fingerprint density at radius 3 is 2.58 bits per heavy atom. The number of hydrogen-bond acceptors (Lipinski definition) is 9. The molecule has 0 aliphatic rings. The van der Waals surface area contributed by atoms with Crippen LogP contribution in [0.1, 0.15) is 12.1 Å². The largest absolute Gasteiger partial charge is 0.493 e. The maximum absolute atomic E-state index is 13.9. The number of imidazole rings is 1. The lowest BCUT2D eigenvalue weighted by molar-refractivity contribution is -0.136. The summed E-state index contributed by atoms with van der Waals surface area (Å²) >= 11 is 2.23. The Morgan fingerprint density at radius 2 is 1.87 bits per heavy atom. The Hall–Kier alpha value is -4.43. The Morgan fingerprint density at radius 1 is 1.11 bits per heavy atom. The van der Waals surface area contributed by atoms with Crippen LogP contribution in [-0.2, 0) is 20.8 Å². The Bertz CT molecular complexity index is 1460. The molecule has 0 radical (unpaired) electrons. The Labute approximate surface area is 223 Å². The van der Waals surface area contributed by atoms with E-state index in [1.54, 1.807) is 36.7 Å². The average Bonchev–Trinajstić information content (AvgIpc) is 3.50. The Balaban J connectivity index is 1.42. The van der Waals surface area contributed by atoms with Crippen molar-refractivity contribution in [3.8, 4) is 17.2 Å². The van der Waals surface area contributed by atoms with Gasteiger partial charge in [-0.25, -0.2) is 14.4 Å². The molecule has 2 amide bonds. The standard InChI is InChI=1S/C24H20FN5O6S2/c1-35-16-4-2-3-5-17(16)36-18-10-13(25)6-7-14(18)28-19(31)12-20(32)30-24-29-15(11-21(33)34)22(38-24)37-23-26-8-9-27-23/h2-10H,11-12H2,1H3,(H,26,27)(H,28,31)(H,33,34)(H,29,30,32). The summed E-state index contributed by atoms with van der Waals surface area (Å²) in [5.41, 5.74) is 0.401. The number of aliphatic carboxylic acids is 1. The zero-order chi connectivity index (χ0) is 27.1. The molecular formula is C24H20FN5O6S2. The highest BCUT2D eigenvalue weighted by Gasteiger charge is 2.20. The lowest BCUT2D eigenvalue weighted by Crippen LogP contribution is -2.21. The molecule has 2 aromatic heterocycles. The van der Waals surface area contributed by atoms with Gasteiger partial charge in [-0.2, -0.15) is 0 Å². The van der Waals surface area contributed by atoms with Crippen molar-refractivity contribution < 1.29 is 33.4 Å². The van der Waals surface area contributed by atoms with E-state index in [4.69, 9.17) is 9.47 Å². The molecule has 2 heterocycles. The van der Waals surface area contributed by atoms with Crippen LogP contribution in [0, 0.1) is 5.82 Å². The molecular weight excluding hydrogens is 537 g/mol. The minimum absolute atomic E-state index is 0.0149. The second-order valence-corrected chi connectivity index (χ2v) is 9.74. The van der Waals surface area contributed by atoms with E-state index in [-0.39, 0.29) is 28.7 Å². The van der Waals surface area contributed by atoms with Crippen LogP contribution in [0.5, 0.6) is 17.2 Å². The number of carboxylic acid groups (broad SMARTS) is 1. The Kier molecular flexibility index (Phi) is 8.55. The summed E-state index contributed by atoms with van der Waals surface area (Å²) in [5, 5.41) is 14.9. The van der Waals surface area contributed by atoms with E-state index in [0.717, 1.165) is 23.5 Å². The van der Waals surface area contributed by atoms with Gasteiger partial charge < -0.3 is 30.2 Å². The fraction of sp³-hybridized carbons (Fsp3) is 0.125. The number of anilines is 2. The van der Waals surface area contributed by atoms with Gasteiger partial charge in [0, 0.05) is 18.5 Å². The van der Waals surface area contributed by atoms with Crippen LogP contribution in [-0.4, -0.2) is 45.0 Å². The van der Waals surface area contributed by atoms with E-state index >= 15 is 0 Å². The first-order chi connectivity index (χ1) is 18.3. The maximum atomic E-state index is 13.9. The molecule has 0 bridgehead atoms.